The smallest absolute Gasteiger partial charge is 0.312 e. The molecule has 0 unspecified atom stereocenters. The molecule has 9 nitrogen and oxygen atoms in total. The van der Waals surface area contributed by atoms with Gasteiger partial charge in [-0.15, -0.1) is 0 Å². The molecule has 0 radical (unpaired) electrons. The van der Waals surface area contributed by atoms with Crippen LogP contribution < -0.4 is 33.2 Å². The molecule has 4 aromatic rings. The molecular weight excluding hydrogens is 588 g/mol. The molecule has 0 amide bonds. The third kappa shape index (κ3) is 5.38. The zero-order valence-corrected chi connectivity index (χ0v) is 25.7. The second kappa shape index (κ2) is 12.2. The van der Waals surface area contributed by atoms with Crippen molar-refractivity contribution in [3.05, 3.63) is 106 Å². The molecule has 46 heavy (non-hydrogen) atoms. The minimum atomic E-state index is -0.440. The molecule has 0 bridgehead atoms. The summed E-state index contributed by atoms with van der Waals surface area (Å²) >= 11 is 0. The maximum atomic E-state index is 13.5. The Labute approximate surface area is 266 Å². The predicted octanol–water partition coefficient (Wildman–Crippen LogP) is 6.33. The molecule has 0 spiro atoms. The normalized spacial score (nSPS) is 16.9. The number of ether oxygens (including phenoxy) is 7. The number of allylic oxidation sites excluding steroid dienone is 1. The van der Waals surface area contributed by atoms with E-state index in [-0.39, 0.29) is 23.9 Å². The average Bonchev–Trinajstić information content (AvgIpc) is 3.67. The molecular formula is C37H32O9. The number of methoxy groups -OCH3 is 3. The van der Waals surface area contributed by atoms with Gasteiger partial charge in [0.15, 0.2) is 28.8 Å². The van der Waals surface area contributed by atoms with Gasteiger partial charge in [0.2, 0.25) is 5.78 Å². The summed E-state index contributed by atoms with van der Waals surface area (Å²) in [4.78, 5) is 26.3. The Morgan fingerprint density at radius 1 is 0.804 bits per heavy atom. The van der Waals surface area contributed by atoms with Gasteiger partial charge < -0.3 is 33.2 Å². The number of hydrogen-bond donors (Lipinski definition) is 0. The van der Waals surface area contributed by atoms with E-state index in [0.29, 0.717) is 64.2 Å². The lowest BCUT2D eigenvalue weighted by atomic mass is 9.84. The predicted molar refractivity (Wildman–Crippen MR) is 169 cm³/mol. The van der Waals surface area contributed by atoms with Crippen LogP contribution in [0.25, 0.3) is 6.08 Å². The Bertz CT molecular complexity index is 1890. The van der Waals surface area contributed by atoms with E-state index in [0.717, 1.165) is 29.9 Å². The molecule has 1 atom stereocenters. The van der Waals surface area contributed by atoms with Crippen LogP contribution in [0.15, 0.2) is 72.5 Å². The fraction of sp³-hybridized carbons (Fsp3) is 0.243. The molecule has 234 valence electrons. The Kier molecular flexibility index (Phi) is 7.74. The third-order valence-corrected chi connectivity index (χ3v) is 8.48. The monoisotopic (exact) mass is 620 g/mol. The van der Waals surface area contributed by atoms with Crippen LogP contribution in [0, 0.1) is 0 Å². The van der Waals surface area contributed by atoms with Crippen molar-refractivity contribution in [3.8, 4) is 40.2 Å². The third-order valence-electron chi connectivity index (χ3n) is 8.48. The van der Waals surface area contributed by atoms with Crippen molar-refractivity contribution in [3.63, 3.8) is 0 Å². The molecule has 0 saturated heterocycles. The van der Waals surface area contributed by atoms with Crippen molar-refractivity contribution in [2.24, 2.45) is 0 Å². The average molecular weight is 621 g/mol. The van der Waals surface area contributed by atoms with Gasteiger partial charge in [0.25, 0.3) is 0 Å². The summed E-state index contributed by atoms with van der Waals surface area (Å²) in [7, 11) is 4.70. The largest absolute Gasteiger partial charge is 0.493 e. The lowest BCUT2D eigenvalue weighted by Crippen LogP contribution is -2.21. The SMILES string of the molecule is COc1ccc(/C=C2\Oc3c(ccc4c3[C@@H](c3ccc(OC)c(OCCc5ccc6c(c5)CCO6)c3)CC(=O)O4)C2=O)cc1OC. The summed E-state index contributed by atoms with van der Waals surface area (Å²) in [5, 5.41) is 0. The van der Waals surface area contributed by atoms with Gasteiger partial charge in [0, 0.05) is 24.3 Å². The number of fused-ring (bicyclic) bond motifs is 4. The fourth-order valence-electron chi connectivity index (χ4n) is 6.18. The minimum absolute atomic E-state index is 0.0682. The molecule has 9 heteroatoms. The van der Waals surface area contributed by atoms with Crippen LogP contribution in [0.5, 0.6) is 40.2 Å². The van der Waals surface area contributed by atoms with E-state index in [9.17, 15) is 9.59 Å². The molecule has 7 rings (SSSR count). The zero-order chi connectivity index (χ0) is 31.8. The highest BCUT2D eigenvalue weighted by Gasteiger charge is 2.39. The van der Waals surface area contributed by atoms with Crippen LogP contribution in [0.4, 0.5) is 0 Å². The molecule has 0 aromatic heterocycles. The van der Waals surface area contributed by atoms with Gasteiger partial charge in [-0.05, 0) is 70.8 Å². The molecule has 0 aliphatic carbocycles. The highest BCUT2D eigenvalue weighted by atomic mass is 16.5. The summed E-state index contributed by atoms with van der Waals surface area (Å²) in [6.45, 7) is 1.15. The molecule has 3 heterocycles. The second-order valence-electron chi connectivity index (χ2n) is 11.2. The van der Waals surface area contributed by atoms with Crippen LogP contribution in [0.3, 0.4) is 0 Å². The van der Waals surface area contributed by atoms with Gasteiger partial charge in [-0.1, -0.05) is 24.3 Å². The summed E-state index contributed by atoms with van der Waals surface area (Å²) in [5.41, 5.74) is 4.93. The lowest BCUT2D eigenvalue weighted by molar-refractivity contribution is -0.135. The summed E-state index contributed by atoms with van der Waals surface area (Å²) in [5.74, 6) is 3.01. The van der Waals surface area contributed by atoms with Gasteiger partial charge >= 0.3 is 5.97 Å². The number of rotatable bonds is 9. The number of benzene rings is 4. The van der Waals surface area contributed by atoms with Gasteiger partial charge in [-0.2, -0.15) is 0 Å². The van der Waals surface area contributed by atoms with Crippen molar-refractivity contribution < 1.29 is 42.7 Å². The Morgan fingerprint density at radius 2 is 1.59 bits per heavy atom. The van der Waals surface area contributed by atoms with Crippen LogP contribution in [0.2, 0.25) is 0 Å². The van der Waals surface area contributed by atoms with Crippen LogP contribution in [-0.4, -0.2) is 46.3 Å². The maximum absolute atomic E-state index is 13.5. The zero-order valence-electron chi connectivity index (χ0n) is 25.7. The first-order valence-corrected chi connectivity index (χ1v) is 15.0. The van der Waals surface area contributed by atoms with Crippen molar-refractivity contribution >= 4 is 17.8 Å². The van der Waals surface area contributed by atoms with E-state index >= 15 is 0 Å². The lowest BCUT2D eigenvalue weighted by Gasteiger charge is -2.27. The van der Waals surface area contributed by atoms with Gasteiger partial charge in [0.05, 0.1) is 46.5 Å². The van der Waals surface area contributed by atoms with E-state index in [1.165, 1.54) is 5.56 Å². The number of hydrogen-bond acceptors (Lipinski definition) is 9. The van der Waals surface area contributed by atoms with Crippen molar-refractivity contribution in [1.82, 2.24) is 0 Å². The maximum Gasteiger partial charge on any atom is 0.312 e. The van der Waals surface area contributed by atoms with E-state index in [2.05, 4.69) is 12.1 Å². The number of carbonyl (C=O) groups excluding carboxylic acids is 2. The molecule has 4 aromatic carbocycles. The molecule has 3 aliphatic heterocycles. The first-order valence-electron chi connectivity index (χ1n) is 15.0. The number of Topliss-reactive ketones (excluding diaryl/α,β-unsaturated/α-hetero) is 1. The number of ketones is 1. The Morgan fingerprint density at radius 3 is 2.41 bits per heavy atom. The van der Waals surface area contributed by atoms with Crippen molar-refractivity contribution in [1.29, 1.82) is 0 Å². The summed E-state index contributed by atoms with van der Waals surface area (Å²) in [6.07, 6.45) is 3.35. The highest BCUT2D eigenvalue weighted by molar-refractivity contribution is 6.15. The molecule has 0 saturated carbocycles. The van der Waals surface area contributed by atoms with E-state index in [1.54, 1.807) is 51.7 Å². The first-order chi connectivity index (χ1) is 22.4. The summed E-state index contributed by atoms with van der Waals surface area (Å²) < 4.78 is 40.1. The number of carbonyl (C=O) groups is 2. The molecule has 0 N–H and O–H groups in total. The van der Waals surface area contributed by atoms with Crippen molar-refractivity contribution in [2.75, 3.05) is 34.5 Å². The summed E-state index contributed by atoms with van der Waals surface area (Å²) in [6, 6.07) is 20.5. The quantitative estimate of drug-likeness (QED) is 0.121. The number of esters is 1. The standard InChI is InChI=1S/C37H32O9/c1-40-28-9-5-22(17-31(28)42-3)18-33-36(39)25-7-11-30-35(37(25)46-33)26(20-34(38)45-30)23-6-10-29(41-2)32(19-23)44-14-12-21-4-8-27-24(16-21)13-15-43-27/h4-11,16-19,26H,12-15,20H2,1-3H3/b33-18-/t26-/m1/s1. The molecule has 0 fully saturated rings. The topological polar surface area (TPSA) is 98.8 Å². The Hall–Kier alpha value is -5.44. The second-order valence-corrected chi connectivity index (χ2v) is 11.2. The Balaban J connectivity index is 1.18. The van der Waals surface area contributed by atoms with E-state index in [4.69, 9.17) is 33.2 Å². The van der Waals surface area contributed by atoms with Crippen molar-refractivity contribution in [2.45, 2.75) is 25.2 Å². The van der Waals surface area contributed by atoms with Crippen LogP contribution in [0.1, 0.15) is 50.5 Å². The van der Waals surface area contributed by atoms with E-state index < -0.39 is 5.92 Å². The van der Waals surface area contributed by atoms with Crippen LogP contribution in [-0.2, 0) is 17.6 Å². The van der Waals surface area contributed by atoms with E-state index in [1.807, 2.05) is 30.3 Å². The fourth-order valence-corrected chi connectivity index (χ4v) is 6.18. The van der Waals surface area contributed by atoms with Crippen LogP contribution >= 0.6 is 0 Å². The first kappa shape index (κ1) is 29.3. The van der Waals surface area contributed by atoms with Gasteiger partial charge in [0.1, 0.15) is 17.2 Å². The van der Waals surface area contributed by atoms with Gasteiger partial charge in [-0.3, -0.25) is 9.59 Å². The highest BCUT2D eigenvalue weighted by Crippen LogP contribution is 2.50. The molecule has 3 aliphatic rings. The van der Waals surface area contributed by atoms with Gasteiger partial charge in [-0.25, -0.2) is 0 Å². The minimum Gasteiger partial charge on any atom is -0.493 e.